The smallest absolute Gasteiger partial charge is 0.233 e. The van der Waals surface area contributed by atoms with Crippen molar-refractivity contribution in [3.63, 3.8) is 0 Å². The summed E-state index contributed by atoms with van der Waals surface area (Å²) in [5.41, 5.74) is 5.05. The number of Topliss-reactive ketones (excluding diaryl/α,β-unsaturated/α-hetero) is 1. The molecule has 3 N–H and O–H groups in total. The standard InChI is InChI=1S/C8H16N2O2/c1-2-3-7(11)4-5-10-8(12)6-9/h2-6,9H2,1H3,(H,10,12). The zero-order chi connectivity index (χ0) is 9.40. The van der Waals surface area contributed by atoms with E-state index < -0.39 is 0 Å². The Morgan fingerprint density at radius 1 is 1.33 bits per heavy atom. The predicted octanol–water partition coefficient (Wildman–Crippen LogP) is -0.179. The second-order valence-electron chi connectivity index (χ2n) is 2.59. The van der Waals surface area contributed by atoms with Gasteiger partial charge in [-0.1, -0.05) is 6.92 Å². The Labute approximate surface area is 72.5 Å². The van der Waals surface area contributed by atoms with E-state index >= 15 is 0 Å². The van der Waals surface area contributed by atoms with Crippen LogP contribution in [-0.4, -0.2) is 24.8 Å². The first kappa shape index (κ1) is 11.1. The van der Waals surface area contributed by atoms with Gasteiger partial charge in [0.25, 0.3) is 0 Å². The van der Waals surface area contributed by atoms with E-state index in [-0.39, 0.29) is 18.2 Å². The zero-order valence-corrected chi connectivity index (χ0v) is 7.43. The number of ketones is 1. The molecule has 0 heterocycles. The summed E-state index contributed by atoms with van der Waals surface area (Å²) in [6.07, 6.45) is 1.88. The van der Waals surface area contributed by atoms with Gasteiger partial charge >= 0.3 is 0 Å². The van der Waals surface area contributed by atoms with Gasteiger partial charge in [0, 0.05) is 19.4 Å². The molecule has 12 heavy (non-hydrogen) atoms. The van der Waals surface area contributed by atoms with Crippen molar-refractivity contribution in [3.8, 4) is 0 Å². The summed E-state index contributed by atoms with van der Waals surface area (Å²) in [6.45, 7) is 2.35. The van der Waals surface area contributed by atoms with E-state index in [1.807, 2.05) is 6.92 Å². The Bertz CT molecular complexity index is 157. The van der Waals surface area contributed by atoms with Crippen molar-refractivity contribution in [2.24, 2.45) is 5.73 Å². The summed E-state index contributed by atoms with van der Waals surface area (Å²) in [4.78, 5) is 21.5. The van der Waals surface area contributed by atoms with Crippen molar-refractivity contribution in [2.45, 2.75) is 26.2 Å². The molecule has 0 aromatic carbocycles. The number of amides is 1. The fourth-order valence-electron chi connectivity index (χ4n) is 0.817. The summed E-state index contributed by atoms with van der Waals surface area (Å²) in [5, 5.41) is 2.54. The van der Waals surface area contributed by atoms with E-state index in [1.54, 1.807) is 0 Å². The largest absolute Gasteiger partial charge is 0.355 e. The molecule has 4 heteroatoms. The zero-order valence-electron chi connectivity index (χ0n) is 7.43. The Balaban J connectivity index is 3.30. The van der Waals surface area contributed by atoms with Crippen molar-refractivity contribution in [3.05, 3.63) is 0 Å². The van der Waals surface area contributed by atoms with Crippen LogP contribution in [0.4, 0.5) is 0 Å². The molecule has 0 saturated heterocycles. The molecule has 1 amide bonds. The second kappa shape index (κ2) is 6.79. The Morgan fingerprint density at radius 2 is 2.00 bits per heavy atom. The van der Waals surface area contributed by atoms with Crippen LogP contribution >= 0.6 is 0 Å². The van der Waals surface area contributed by atoms with Gasteiger partial charge < -0.3 is 11.1 Å². The molecule has 0 aliphatic heterocycles. The molecule has 0 rings (SSSR count). The predicted molar refractivity (Wildman–Crippen MR) is 46.6 cm³/mol. The third-order valence-electron chi connectivity index (χ3n) is 1.44. The SMILES string of the molecule is CCCC(=O)CCNC(=O)CN. The van der Waals surface area contributed by atoms with E-state index in [2.05, 4.69) is 5.32 Å². The van der Waals surface area contributed by atoms with Crippen molar-refractivity contribution in [1.82, 2.24) is 5.32 Å². The lowest BCUT2D eigenvalue weighted by atomic mass is 10.2. The molecular weight excluding hydrogens is 156 g/mol. The molecule has 0 atom stereocenters. The number of rotatable bonds is 6. The van der Waals surface area contributed by atoms with Crippen molar-refractivity contribution in [1.29, 1.82) is 0 Å². The molecule has 0 unspecified atom stereocenters. The Hall–Kier alpha value is -0.900. The summed E-state index contributed by atoms with van der Waals surface area (Å²) < 4.78 is 0. The first-order valence-corrected chi connectivity index (χ1v) is 4.19. The molecule has 0 spiro atoms. The number of hydrogen-bond donors (Lipinski definition) is 2. The molecule has 0 aromatic heterocycles. The van der Waals surface area contributed by atoms with Crippen LogP contribution in [0.5, 0.6) is 0 Å². The molecule has 4 nitrogen and oxygen atoms in total. The Morgan fingerprint density at radius 3 is 2.50 bits per heavy atom. The number of carbonyl (C=O) groups is 2. The second-order valence-corrected chi connectivity index (χ2v) is 2.59. The van der Waals surface area contributed by atoms with Gasteiger partial charge in [0.1, 0.15) is 5.78 Å². The lowest BCUT2D eigenvalue weighted by Crippen LogP contribution is -2.31. The van der Waals surface area contributed by atoms with Crippen LogP contribution in [0.25, 0.3) is 0 Å². The van der Waals surface area contributed by atoms with Crippen molar-refractivity contribution < 1.29 is 9.59 Å². The van der Waals surface area contributed by atoms with Gasteiger partial charge in [-0.2, -0.15) is 0 Å². The van der Waals surface area contributed by atoms with Crippen molar-refractivity contribution >= 4 is 11.7 Å². The lowest BCUT2D eigenvalue weighted by molar-refractivity contribution is -0.120. The fraction of sp³-hybridized carbons (Fsp3) is 0.750. The van der Waals surface area contributed by atoms with Gasteiger partial charge in [-0.3, -0.25) is 9.59 Å². The number of hydrogen-bond acceptors (Lipinski definition) is 3. The van der Waals surface area contributed by atoms with E-state index in [4.69, 9.17) is 5.73 Å². The van der Waals surface area contributed by atoms with E-state index in [9.17, 15) is 9.59 Å². The molecule has 0 radical (unpaired) electrons. The van der Waals surface area contributed by atoms with Gasteiger partial charge in [0.2, 0.25) is 5.91 Å². The average molecular weight is 172 g/mol. The molecular formula is C8H16N2O2. The fourth-order valence-corrected chi connectivity index (χ4v) is 0.817. The molecule has 0 saturated carbocycles. The summed E-state index contributed by atoms with van der Waals surface area (Å²) in [5.74, 6) is -0.0193. The third kappa shape index (κ3) is 5.85. The summed E-state index contributed by atoms with van der Waals surface area (Å²) in [7, 11) is 0. The van der Waals surface area contributed by atoms with Crippen LogP contribution in [0.1, 0.15) is 26.2 Å². The van der Waals surface area contributed by atoms with E-state index in [0.29, 0.717) is 19.4 Å². The van der Waals surface area contributed by atoms with Crippen LogP contribution in [0, 0.1) is 0 Å². The molecule has 0 aromatic rings. The molecule has 70 valence electrons. The van der Waals surface area contributed by atoms with Gasteiger partial charge in [-0.05, 0) is 6.42 Å². The van der Waals surface area contributed by atoms with Crippen molar-refractivity contribution in [2.75, 3.05) is 13.1 Å². The highest BCUT2D eigenvalue weighted by molar-refractivity contribution is 5.80. The normalized spacial score (nSPS) is 9.50. The van der Waals surface area contributed by atoms with E-state index in [1.165, 1.54) is 0 Å². The minimum absolute atomic E-state index is 0.0119. The van der Waals surface area contributed by atoms with Crippen LogP contribution in [-0.2, 0) is 9.59 Å². The van der Waals surface area contributed by atoms with Gasteiger partial charge in [0.15, 0.2) is 0 Å². The number of carbonyl (C=O) groups excluding carboxylic acids is 2. The summed E-state index contributed by atoms with van der Waals surface area (Å²) in [6, 6.07) is 0. The molecule has 0 aliphatic carbocycles. The van der Waals surface area contributed by atoms with Gasteiger partial charge in [-0.15, -0.1) is 0 Å². The monoisotopic (exact) mass is 172 g/mol. The number of nitrogens with one attached hydrogen (secondary N) is 1. The first-order valence-electron chi connectivity index (χ1n) is 4.19. The maximum absolute atomic E-state index is 10.9. The molecule has 0 bridgehead atoms. The van der Waals surface area contributed by atoms with Crippen LogP contribution in [0.2, 0.25) is 0 Å². The third-order valence-corrected chi connectivity index (χ3v) is 1.44. The number of nitrogens with two attached hydrogens (primary N) is 1. The minimum Gasteiger partial charge on any atom is -0.355 e. The molecule has 0 aliphatic rings. The van der Waals surface area contributed by atoms with Crippen LogP contribution < -0.4 is 11.1 Å². The lowest BCUT2D eigenvalue weighted by Gasteiger charge is -2.01. The quantitative estimate of drug-likeness (QED) is 0.583. The first-order chi connectivity index (χ1) is 5.70. The highest BCUT2D eigenvalue weighted by Crippen LogP contribution is 1.92. The van der Waals surface area contributed by atoms with Gasteiger partial charge in [0.05, 0.1) is 6.54 Å². The van der Waals surface area contributed by atoms with Crippen LogP contribution in [0.3, 0.4) is 0 Å². The van der Waals surface area contributed by atoms with E-state index in [0.717, 1.165) is 6.42 Å². The van der Waals surface area contributed by atoms with Crippen LogP contribution in [0.15, 0.2) is 0 Å². The average Bonchev–Trinajstić information content (AvgIpc) is 2.04. The Kier molecular flexibility index (Phi) is 6.28. The van der Waals surface area contributed by atoms with Gasteiger partial charge in [-0.25, -0.2) is 0 Å². The summed E-state index contributed by atoms with van der Waals surface area (Å²) >= 11 is 0. The highest BCUT2D eigenvalue weighted by Gasteiger charge is 2.00. The maximum Gasteiger partial charge on any atom is 0.233 e. The molecule has 0 fully saturated rings. The topological polar surface area (TPSA) is 72.2 Å². The maximum atomic E-state index is 10.9. The minimum atomic E-state index is -0.209. The highest BCUT2D eigenvalue weighted by atomic mass is 16.2.